The Hall–Kier alpha value is -0.0766. The molecule has 2 fully saturated rings. The smallest absolute Gasteiger partial charge is 0.503 e. The van der Waals surface area contributed by atoms with Gasteiger partial charge in [-0.3, -0.25) is 10.7 Å². The van der Waals surface area contributed by atoms with Gasteiger partial charge in [0.2, 0.25) is 0 Å². The normalized spacial score (nSPS) is 38.4. The topological polar surface area (TPSA) is 40.5 Å². The summed E-state index contributed by atoms with van der Waals surface area (Å²) < 4.78 is 0. The van der Waals surface area contributed by atoms with Crippen LogP contribution < -0.4 is 0 Å². The van der Waals surface area contributed by atoms with E-state index in [9.17, 15) is 9.90 Å². The van der Waals surface area contributed by atoms with E-state index in [-0.39, 0.29) is 19.5 Å². The molecule has 0 spiro atoms. The van der Waals surface area contributed by atoms with Gasteiger partial charge in [0.25, 0.3) is 0 Å². The molecule has 1 aliphatic carbocycles. The first-order valence-corrected chi connectivity index (χ1v) is 7.24. The van der Waals surface area contributed by atoms with Crippen LogP contribution in [0.2, 0.25) is 0 Å². The van der Waals surface area contributed by atoms with Crippen LogP contribution in [-0.4, -0.2) is 35.6 Å². The molecule has 2 rings (SSSR count). The third-order valence-corrected chi connectivity index (χ3v) is 5.35. The molecule has 0 aromatic carbocycles. The number of carboxylic acid groups (broad SMARTS) is 1. The van der Waals surface area contributed by atoms with Crippen molar-refractivity contribution in [1.82, 2.24) is 4.90 Å². The Balaban J connectivity index is 0.00000180. The third kappa shape index (κ3) is 3.16. The Kier molecular flexibility index (Phi) is 5.88. The Morgan fingerprint density at radius 1 is 1.26 bits per heavy atom. The average molecular weight is 355 g/mol. The summed E-state index contributed by atoms with van der Waals surface area (Å²) in [7, 11) is 0. The summed E-state index contributed by atoms with van der Waals surface area (Å²) in [5.41, 5.74) is 0. The van der Waals surface area contributed by atoms with Gasteiger partial charge in [0, 0.05) is 0 Å². The monoisotopic (exact) mass is 355 g/mol. The van der Waals surface area contributed by atoms with Crippen molar-refractivity contribution < 1.29 is 29.4 Å². The molecule has 1 aliphatic heterocycles. The largest absolute Gasteiger partial charge is 2.00 e. The molecule has 3 nitrogen and oxygen atoms in total. The van der Waals surface area contributed by atoms with Crippen molar-refractivity contribution in [2.45, 2.75) is 34.1 Å². The van der Waals surface area contributed by atoms with E-state index < -0.39 is 5.97 Å². The number of carbonyl (C=O) groups is 1. The fourth-order valence-electron chi connectivity index (χ4n) is 4.26. The molecule has 111 valence electrons. The molecule has 1 radical (unpaired) electrons. The van der Waals surface area contributed by atoms with Gasteiger partial charge in [-0.25, -0.2) is 0 Å². The molecule has 1 N–H and O–H groups in total. The summed E-state index contributed by atoms with van der Waals surface area (Å²) in [4.78, 5) is 13.9. The molecule has 19 heavy (non-hydrogen) atoms. The van der Waals surface area contributed by atoms with Gasteiger partial charge in [-0.15, -0.1) is 5.92 Å². The minimum Gasteiger partial charge on any atom is -0.503 e. The van der Waals surface area contributed by atoms with Gasteiger partial charge >= 0.3 is 19.5 Å². The van der Waals surface area contributed by atoms with Gasteiger partial charge in [-0.2, -0.15) is 6.92 Å². The predicted molar refractivity (Wildman–Crippen MR) is 72.1 cm³/mol. The van der Waals surface area contributed by atoms with E-state index in [0.29, 0.717) is 35.5 Å². The first-order chi connectivity index (χ1) is 8.45. The second-order valence-corrected chi connectivity index (χ2v) is 6.38. The molecule has 2 aliphatic rings. The molecular formula is C15H26NO2Rh+. The number of hydrogen-bond donors (Lipinski definition) is 1. The number of carboxylic acids is 1. The fourth-order valence-corrected chi connectivity index (χ4v) is 4.26. The maximum Gasteiger partial charge on any atom is 2.00 e. The number of nitrogens with zero attached hydrogens (tertiary/aromatic N) is 1. The number of hydrogen-bond acceptors (Lipinski definition) is 2. The number of fused-ring (bicyclic) bond motifs is 2. The van der Waals surface area contributed by atoms with Gasteiger partial charge < -0.3 is 10.0 Å². The van der Waals surface area contributed by atoms with E-state index >= 15 is 0 Å². The average Bonchev–Trinajstić information content (AvgIpc) is 2.34. The van der Waals surface area contributed by atoms with Gasteiger partial charge in [0.05, 0.1) is 0 Å². The minimum atomic E-state index is -0.693. The summed E-state index contributed by atoms with van der Waals surface area (Å²) in [5, 5.41) is 9.33. The predicted octanol–water partition coefficient (Wildman–Crippen LogP) is 2.52. The molecule has 0 aromatic rings. The number of rotatable bonds is 3. The third-order valence-electron chi connectivity index (χ3n) is 5.35. The molecule has 1 saturated heterocycles. The first kappa shape index (κ1) is 17.0. The Labute approximate surface area is 129 Å². The second-order valence-electron chi connectivity index (χ2n) is 6.38. The van der Waals surface area contributed by atoms with Crippen molar-refractivity contribution in [3.8, 4) is 0 Å². The Morgan fingerprint density at radius 2 is 1.74 bits per heavy atom. The van der Waals surface area contributed by atoms with E-state index in [0.717, 1.165) is 19.6 Å². The van der Waals surface area contributed by atoms with Crippen LogP contribution >= 0.6 is 0 Å². The van der Waals surface area contributed by atoms with E-state index in [2.05, 4.69) is 25.7 Å². The molecule has 2 bridgehead atoms. The zero-order chi connectivity index (χ0) is 13.4. The van der Waals surface area contributed by atoms with Crippen LogP contribution in [0.25, 0.3) is 0 Å². The summed E-state index contributed by atoms with van der Waals surface area (Å²) in [5.74, 6) is 2.66. The summed E-state index contributed by atoms with van der Waals surface area (Å²) in [6.07, 6.45) is 1.26. The summed E-state index contributed by atoms with van der Waals surface area (Å²) >= 11 is 0. The van der Waals surface area contributed by atoms with Crippen molar-refractivity contribution in [3.05, 3.63) is 5.92 Å². The molecule has 4 unspecified atom stereocenters. The van der Waals surface area contributed by atoms with Crippen molar-refractivity contribution in [1.29, 1.82) is 0 Å². The quantitative estimate of drug-likeness (QED) is 0.625. The maximum absolute atomic E-state index is 11.3. The zero-order valence-electron chi connectivity index (χ0n) is 12.4. The number of aliphatic carboxylic acids is 1. The first-order valence-electron chi connectivity index (χ1n) is 7.24. The molecule has 4 heteroatoms. The van der Waals surface area contributed by atoms with E-state index in [1.54, 1.807) is 0 Å². The van der Waals surface area contributed by atoms with Crippen molar-refractivity contribution in [3.63, 3.8) is 0 Å². The molecule has 0 aromatic heterocycles. The molecule has 1 heterocycles. The molecule has 0 amide bonds. The van der Waals surface area contributed by atoms with Gasteiger partial charge in [0.15, 0.2) is 5.97 Å². The van der Waals surface area contributed by atoms with Crippen LogP contribution in [0.4, 0.5) is 0 Å². The van der Waals surface area contributed by atoms with E-state index in [4.69, 9.17) is 0 Å². The van der Waals surface area contributed by atoms with E-state index in [1.807, 2.05) is 6.92 Å². The van der Waals surface area contributed by atoms with Crippen molar-refractivity contribution >= 4 is 5.97 Å². The molecular weight excluding hydrogens is 329 g/mol. The van der Waals surface area contributed by atoms with Crippen LogP contribution in [0.5, 0.6) is 0 Å². The second kappa shape index (κ2) is 6.58. The SMILES string of the molecule is CCN1CC2C(C)CC(C)C(C1)C2[C-](C)C(=O)O.[Rh+2]. The van der Waals surface area contributed by atoms with Crippen LogP contribution in [0.1, 0.15) is 34.1 Å². The van der Waals surface area contributed by atoms with Crippen LogP contribution in [0.3, 0.4) is 0 Å². The van der Waals surface area contributed by atoms with Crippen molar-refractivity contribution in [2.75, 3.05) is 19.6 Å². The summed E-state index contributed by atoms with van der Waals surface area (Å²) in [6.45, 7) is 11.9. The standard InChI is InChI=1S/C15H26NO2.Rh/c1-5-16-7-12-9(2)6-10(3)13(8-16)14(12)11(4)15(17)18;/h9-10,12-14H,5-8H2,1-4H3,(H,17,18);/q-1;+2. The van der Waals surface area contributed by atoms with Crippen LogP contribution in [0.15, 0.2) is 0 Å². The van der Waals surface area contributed by atoms with Crippen LogP contribution in [-0.2, 0) is 24.3 Å². The maximum atomic E-state index is 11.3. The van der Waals surface area contributed by atoms with Gasteiger partial charge in [0.1, 0.15) is 0 Å². The summed E-state index contributed by atoms with van der Waals surface area (Å²) in [6, 6.07) is 0. The Morgan fingerprint density at radius 3 is 2.11 bits per heavy atom. The molecule has 4 atom stereocenters. The Bertz CT molecular complexity index is 305. The van der Waals surface area contributed by atoms with Gasteiger partial charge in [-0.1, -0.05) is 20.8 Å². The molecule has 1 saturated carbocycles. The van der Waals surface area contributed by atoms with E-state index in [1.165, 1.54) is 6.42 Å². The van der Waals surface area contributed by atoms with Gasteiger partial charge in [-0.05, 0) is 49.7 Å². The van der Waals surface area contributed by atoms with Crippen LogP contribution in [0, 0.1) is 35.5 Å². The van der Waals surface area contributed by atoms with Crippen molar-refractivity contribution in [2.24, 2.45) is 29.6 Å². The number of likely N-dealkylation sites (tertiary alicyclic amines) is 1. The minimum absolute atomic E-state index is 0. The number of piperidine rings is 1. The zero-order valence-corrected chi connectivity index (χ0v) is 14.0. The fraction of sp³-hybridized carbons (Fsp3) is 0.867.